The Morgan fingerprint density at radius 2 is 1.79 bits per heavy atom. The number of benzene rings is 2. The lowest BCUT2D eigenvalue weighted by atomic mass is 9.97. The molecule has 6 nitrogen and oxygen atoms in total. The molecule has 1 amide bonds. The highest BCUT2D eigenvalue weighted by Crippen LogP contribution is 2.28. The first-order valence-corrected chi connectivity index (χ1v) is 11.5. The van der Waals surface area contributed by atoms with E-state index in [-0.39, 0.29) is 16.7 Å². The largest absolute Gasteiger partial charge is 0.491 e. The van der Waals surface area contributed by atoms with Crippen molar-refractivity contribution in [3.8, 4) is 5.75 Å². The SMILES string of the molecule is CCCOc1ccccc1NC(=O)C1CCN(S(=O)(=O)c2ccc(Cl)cc2)CC1. The van der Waals surface area contributed by atoms with E-state index in [0.29, 0.717) is 49.0 Å². The number of sulfonamides is 1. The number of nitrogens with zero attached hydrogens (tertiary/aromatic N) is 1. The van der Waals surface area contributed by atoms with E-state index in [1.54, 1.807) is 12.1 Å². The third-order valence-corrected chi connectivity index (χ3v) is 7.05. The number of hydrogen-bond acceptors (Lipinski definition) is 4. The van der Waals surface area contributed by atoms with Gasteiger partial charge in [-0.15, -0.1) is 0 Å². The second-order valence-corrected chi connectivity index (χ2v) is 9.34. The summed E-state index contributed by atoms with van der Waals surface area (Å²) in [6.07, 6.45) is 1.82. The van der Waals surface area contributed by atoms with Crippen molar-refractivity contribution in [1.82, 2.24) is 4.31 Å². The maximum Gasteiger partial charge on any atom is 0.243 e. The molecule has 1 N–H and O–H groups in total. The summed E-state index contributed by atoms with van der Waals surface area (Å²) in [5.41, 5.74) is 0.641. The molecule has 1 aliphatic rings. The minimum Gasteiger partial charge on any atom is -0.491 e. The van der Waals surface area contributed by atoms with Crippen molar-refractivity contribution in [3.63, 3.8) is 0 Å². The number of anilines is 1. The Bertz CT molecular complexity index is 939. The number of para-hydroxylation sites is 2. The molecule has 2 aromatic rings. The van der Waals surface area contributed by atoms with Crippen LogP contribution in [0.2, 0.25) is 5.02 Å². The Hall–Kier alpha value is -2.09. The molecular formula is C21H25ClN2O4S. The Morgan fingerprint density at radius 1 is 1.14 bits per heavy atom. The molecule has 0 unspecified atom stereocenters. The number of rotatable bonds is 7. The third kappa shape index (κ3) is 5.29. The summed E-state index contributed by atoms with van der Waals surface area (Å²) < 4.78 is 32.7. The van der Waals surface area contributed by atoms with E-state index in [1.165, 1.54) is 16.4 Å². The molecule has 0 bridgehead atoms. The maximum absolute atomic E-state index is 12.8. The molecule has 0 atom stereocenters. The van der Waals surface area contributed by atoms with Crippen molar-refractivity contribution in [2.75, 3.05) is 25.0 Å². The van der Waals surface area contributed by atoms with Crippen LogP contribution in [0.1, 0.15) is 26.2 Å². The van der Waals surface area contributed by atoms with Crippen molar-refractivity contribution in [3.05, 3.63) is 53.6 Å². The molecule has 29 heavy (non-hydrogen) atoms. The molecule has 0 saturated carbocycles. The average molecular weight is 437 g/mol. The number of halogens is 1. The van der Waals surface area contributed by atoms with E-state index >= 15 is 0 Å². The van der Waals surface area contributed by atoms with Gasteiger partial charge in [-0.3, -0.25) is 4.79 Å². The van der Waals surface area contributed by atoms with Crippen molar-refractivity contribution in [2.24, 2.45) is 5.92 Å². The van der Waals surface area contributed by atoms with Gasteiger partial charge in [-0.2, -0.15) is 4.31 Å². The molecule has 3 rings (SSSR count). The van der Waals surface area contributed by atoms with Crippen molar-refractivity contribution in [2.45, 2.75) is 31.1 Å². The number of amides is 1. The fourth-order valence-corrected chi connectivity index (χ4v) is 4.85. The predicted molar refractivity (Wildman–Crippen MR) is 114 cm³/mol. The van der Waals surface area contributed by atoms with Crippen LogP contribution in [-0.2, 0) is 14.8 Å². The molecule has 1 aliphatic heterocycles. The smallest absolute Gasteiger partial charge is 0.243 e. The zero-order valence-corrected chi connectivity index (χ0v) is 17.9. The first-order valence-electron chi connectivity index (χ1n) is 9.70. The summed E-state index contributed by atoms with van der Waals surface area (Å²) >= 11 is 5.85. The minimum atomic E-state index is -3.58. The molecule has 1 heterocycles. The zero-order valence-electron chi connectivity index (χ0n) is 16.3. The van der Waals surface area contributed by atoms with E-state index < -0.39 is 10.0 Å². The molecule has 8 heteroatoms. The molecule has 0 aromatic heterocycles. The first kappa shape index (κ1) is 21.6. The van der Waals surface area contributed by atoms with Crippen LogP contribution in [0.15, 0.2) is 53.4 Å². The Balaban J connectivity index is 1.61. The second-order valence-electron chi connectivity index (χ2n) is 6.97. The fraction of sp³-hybridized carbons (Fsp3) is 0.381. The van der Waals surface area contributed by atoms with Gasteiger partial charge in [-0.1, -0.05) is 30.7 Å². The second kappa shape index (κ2) is 9.61. The van der Waals surface area contributed by atoms with Gasteiger partial charge >= 0.3 is 0 Å². The summed E-state index contributed by atoms with van der Waals surface area (Å²) in [4.78, 5) is 12.9. The lowest BCUT2D eigenvalue weighted by Crippen LogP contribution is -2.41. The van der Waals surface area contributed by atoms with Gasteiger partial charge in [0.05, 0.1) is 17.2 Å². The number of nitrogens with one attached hydrogen (secondary N) is 1. The maximum atomic E-state index is 12.8. The Kier molecular flexibility index (Phi) is 7.16. The highest BCUT2D eigenvalue weighted by atomic mass is 35.5. The third-order valence-electron chi connectivity index (χ3n) is 4.88. The Morgan fingerprint density at radius 3 is 2.45 bits per heavy atom. The van der Waals surface area contributed by atoms with E-state index in [2.05, 4.69) is 5.32 Å². The van der Waals surface area contributed by atoms with Crippen molar-refractivity contribution in [1.29, 1.82) is 0 Å². The quantitative estimate of drug-likeness (QED) is 0.706. The van der Waals surface area contributed by atoms with Gasteiger partial charge < -0.3 is 10.1 Å². The lowest BCUT2D eigenvalue weighted by Gasteiger charge is -2.30. The van der Waals surface area contributed by atoms with Gasteiger partial charge in [0.2, 0.25) is 15.9 Å². The molecule has 0 aliphatic carbocycles. The summed E-state index contributed by atoms with van der Waals surface area (Å²) in [7, 11) is -3.58. The van der Waals surface area contributed by atoms with Crippen molar-refractivity contribution < 1.29 is 17.9 Å². The molecule has 0 radical (unpaired) electrons. The zero-order chi connectivity index (χ0) is 20.9. The normalized spacial score (nSPS) is 15.8. The predicted octanol–water partition coefficient (Wildman–Crippen LogP) is 4.17. The van der Waals surface area contributed by atoms with E-state index in [9.17, 15) is 13.2 Å². The summed E-state index contributed by atoms with van der Waals surface area (Å²) in [6.45, 7) is 3.20. The van der Waals surface area contributed by atoms with Crippen LogP contribution < -0.4 is 10.1 Å². The standard InChI is InChI=1S/C21H25ClN2O4S/c1-2-15-28-20-6-4-3-5-19(20)23-21(25)16-11-13-24(14-12-16)29(26,27)18-9-7-17(22)8-10-18/h3-10,16H,2,11-15H2,1H3,(H,23,25). The number of hydrogen-bond donors (Lipinski definition) is 1. The van der Waals surface area contributed by atoms with Crippen LogP contribution in [0.4, 0.5) is 5.69 Å². The summed E-state index contributed by atoms with van der Waals surface area (Å²) in [6, 6.07) is 13.5. The summed E-state index contributed by atoms with van der Waals surface area (Å²) in [5, 5.41) is 3.42. The van der Waals surface area contributed by atoms with Gasteiger partial charge in [-0.25, -0.2) is 8.42 Å². The molecule has 0 spiro atoms. The number of piperidine rings is 1. The van der Waals surface area contributed by atoms with Crippen molar-refractivity contribution >= 4 is 33.2 Å². The van der Waals surface area contributed by atoms with Crippen LogP contribution in [-0.4, -0.2) is 38.3 Å². The topological polar surface area (TPSA) is 75.7 Å². The number of ether oxygens (including phenoxy) is 1. The molecule has 2 aromatic carbocycles. The van der Waals surface area contributed by atoms with Crippen LogP contribution >= 0.6 is 11.6 Å². The molecular weight excluding hydrogens is 412 g/mol. The van der Waals surface area contributed by atoms with Gasteiger partial charge in [-0.05, 0) is 55.7 Å². The lowest BCUT2D eigenvalue weighted by molar-refractivity contribution is -0.120. The first-order chi connectivity index (χ1) is 13.9. The van der Waals surface area contributed by atoms with E-state index in [4.69, 9.17) is 16.3 Å². The average Bonchev–Trinajstić information content (AvgIpc) is 2.73. The molecule has 1 saturated heterocycles. The number of carbonyl (C=O) groups is 1. The van der Waals surface area contributed by atoms with Crippen LogP contribution in [0.5, 0.6) is 5.75 Å². The highest BCUT2D eigenvalue weighted by Gasteiger charge is 2.32. The molecule has 156 valence electrons. The fourth-order valence-electron chi connectivity index (χ4n) is 3.26. The van der Waals surface area contributed by atoms with Gasteiger partial charge in [0.15, 0.2) is 0 Å². The van der Waals surface area contributed by atoms with Gasteiger partial charge in [0.25, 0.3) is 0 Å². The molecule has 1 fully saturated rings. The van der Waals surface area contributed by atoms with Crippen LogP contribution in [0, 0.1) is 5.92 Å². The van der Waals surface area contributed by atoms with E-state index in [1.807, 2.05) is 31.2 Å². The van der Waals surface area contributed by atoms with Gasteiger partial charge in [0, 0.05) is 24.0 Å². The number of carbonyl (C=O) groups excluding carboxylic acids is 1. The summed E-state index contributed by atoms with van der Waals surface area (Å²) in [5.74, 6) is 0.289. The Labute approximate surface area is 176 Å². The van der Waals surface area contributed by atoms with Crippen LogP contribution in [0.25, 0.3) is 0 Å². The van der Waals surface area contributed by atoms with Gasteiger partial charge in [0.1, 0.15) is 5.75 Å². The minimum absolute atomic E-state index is 0.110. The van der Waals surface area contributed by atoms with Crippen LogP contribution in [0.3, 0.4) is 0 Å². The highest BCUT2D eigenvalue weighted by molar-refractivity contribution is 7.89. The monoisotopic (exact) mass is 436 g/mol. The van der Waals surface area contributed by atoms with E-state index in [0.717, 1.165) is 6.42 Å².